The normalized spacial score (nSPS) is 13.7. The summed E-state index contributed by atoms with van der Waals surface area (Å²) in [6, 6.07) is 13.1. The molecule has 0 bridgehead atoms. The number of aryl methyl sites for hydroxylation is 1. The van der Waals surface area contributed by atoms with Gasteiger partial charge < -0.3 is 24.4 Å². The van der Waals surface area contributed by atoms with E-state index in [1.807, 2.05) is 43.3 Å². The van der Waals surface area contributed by atoms with Crippen LogP contribution in [0.5, 0.6) is 5.75 Å². The van der Waals surface area contributed by atoms with E-state index in [0.717, 1.165) is 43.1 Å². The lowest BCUT2D eigenvalue weighted by Crippen LogP contribution is -2.36. The topological polar surface area (TPSA) is 77.1 Å². The molecule has 1 aliphatic heterocycles. The van der Waals surface area contributed by atoms with E-state index in [9.17, 15) is 9.59 Å². The number of anilines is 2. The van der Waals surface area contributed by atoms with E-state index >= 15 is 0 Å². The number of nitrogens with zero attached hydrogens (tertiary/aromatic N) is 1. The van der Waals surface area contributed by atoms with Gasteiger partial charge in [-0.1, -0.05) is 12.1 Å². The molecule has 1 saturated heterocycles. The van der Waals surface area contributed by atoms with Crippen LogP contribution in [0.1, 0.15) is 11.1 Å². The standard InChI is InChI=1S/C22H26N2O5/c1-16-3-4-17(13-20(16)27-2)14-22(26)29-15-21(25)23-18-5-7-19(8-6-18)24-9-11-28-12-10-24/h3-8,13H,9-12,14-15H2,1-2H3,(H,23,25). The number of esters is 1. The Balaban J connectivity index is 1.45. The van der Waals surface area contributed by atoms with E-state index in [1.54, 1.807) is 13.2 Å². The van der Waals surface area contributed by atoms with Gasteiger partial charge in [-0.2, -0.15) is 0 Å². The quantitative estimate of drug-likeness (QED) is 0.723. The summed E-state index contributed by atoms with van der Waals surface area (Å²) in [6.45, 7) is 4.76. The lowest BCUT2D eigenvalue weighted by atomic mass is 10.1. The monoisotopic (exact) mass is 398 g/mol. The van der Waals surface area contributed by atoms with E-state index in [1.165, 1.54) is 0 Å². The fourth-order valence-corrected chi connectivity index (χ4v) is 3.11. The second-order valence-electron chi connectivity index (χ2n) is 6.84. The molecule has 7 heteroatoms. The smallest absolute Gasteiger partial charge is 0.310 e. The van der Waals surface area contributed by atoms with Gasteiger partial charge in [-0.3, -0.25) is 9.59 Å². The lowest BCUT2D eigenvalue weighted by Gasteiger charge is -2.28. The first-order valence-electron chi connectivity index (χ1n) is 9.57. The van der Waals surface area contributed by atoms with Gasteiger partial charge in [-0.25, -0.2) is 0 Å². The van der Waals surface area contributed by atoms with Crippen molar-refractivity contribution in [3.8, 4) is 5.75 Å². The van der Waals surface area contributed by atoms with Crippen molar-refractivity contribution in [3.05, 3.63) is 53.6 Å². The van der Waals surface area contributed by atoms with Gasteiger partial charge in [0.2, 0.25) is 0 Å². The van der Waals surface area contributed by atoms with Crippen molar-refractivity contribution < 1.29 is 23.8 Å². The fourth-order valence-electron chi connectivity index (χ4n) is 3.11. The van der Waals surface area contributed by atoms with Crippen molar-refractivity contribution in [1.82, 2.24) is 0 Å². The lowest BCUT2D eigenvalue weighted by molar-refractivity contribution is -0.146. The van der Waals surface area contributed by atoms with Gasteiger partial charge in [-0.05, 0) is 48.4 Å². The van der Waals surface area contributed by atoms with Crippen molar-refractivity contribution in [1.29, 1.82) is 0 Å². The van der Waals surface area contributed by atoms with Gasteiger partial charge >= 0.3 is 5.97 Å². The summed E-state index contributed by atoms with van der Waals surface area (Å²) in [4.78, 5) is 26.3. The number of ether oxygens (including phenoxy) is 3. The predicted molar refractivity (Wildman–Crippen MR) is 110 cm³/mol. The molecule has 7 nitrogen and oxygen atoms in total. The number of amides is 1. The molecule has 1 heterocycles. The highest BCUT2D eigenvalue weighted by Crippen LogP contribution is 2.20. The molecule has 0 aromatic heterocycles. The summed E-state index contributed by atoms with van der Waals surface area (Å²) in [6.07, 6.45) is 0.0815. The number of carbonyl (C=O) groups is 2. The minimum absolute atomic E-state index is 0.0815. The third kappa shape index (κ3) is 5.96. The molecule has 154 valence electrons. The number of rotatable bonds is 7. The summed E-state index contributed by atoms with van der Waals surface area (Å²) >= 11 is 0. The molecule has 1 aliphatic rings. The van der Waals surface area contributed by atoms with Crippen LogP contribution in [0.2, 0.25) is 0 Å². The van der Waals surface area contributed by atoms with E-state index in [2.05, 4.69) is 10.2 Å². The van der Waals surface area contributed by atoms with Gasteiger partial charge in [0.05, 0.1) is 26.7 Å². The number of carbonyl (C=O) groups excluding carboxylic acids is 2. The highest BCUT2D eigenvalue weighted by atomic mass is 16.5. The Morgan fingerprint density at radius 3 is 2.52 bits per heavy atom. The highest BCUT2D eigenvalue weighted by molar-refractivity contribution is 5.93. The van der Waals surface area contributed by atoms with Gasteiger partial charge in [0.25, 0.3) is 5.91 Å². The molecule has 0 saturated carbocycles. The Hall–Kier alpha value is -3.06. The van der Waals surface area contributed by atoms with Crippen LogP contribution in [-0.2, 0) is 25.5 Å². The molecule has 2 aromatic carbocycles. The van der Waals surface area contributed by atoms with Crippen LogP contribution in [0.3, 0.4) is 0 Å². The Kier molecular flexibility index (Phi) is 7.08. The average Bonchev–Trinajstić information content (AvgIpc) is 2.75. The summed E-state index contributed by atoms with van der Waals surface area (Å²) < 4.78 is 15.7. The summed E-state index contributed by atoms with van der Waals surface area (Å²) in [7, 11) is 1.59. The molecule has 0 unspecified atom stereocenters. The Bertz CT molecular complexity index is 845. The maximum absolute atomic E-state index is 12.1. The van der Waals surface area contributed by atoms with Crippen LogP contribution in [0.4, 0.5) is 11.4 Å². The number of hydrogen-bond donors (Lipinski definition) is 1. The van der Waals surface area contributed by atoms with Crippen molar-refractivity contribution in [3.63, 3.8) is 0 Å². The fraction of sp³-hybridized carbons (Fsp3) is 0.364. The molecule has 0 atom stereocenters. The molecular formula is C22H26N2O5. The van der Waals surface area contributed by atoms with Crippen molar-refractivity contribution in [2.75, 3.05) is 50.2 Å². The zero-order chi connectivity index (χ0) is 20.6. The van der Waals surface area contributed by atoms with Crippen LogP contribution >= 0.6 is 0 Å². The molecule has 2 aromatic rings. The van der Waals surface area contributed by atoms with Crippen LogP contribution < -0.4 is 15.0 Å². The first kappa shape index (κ1) is 20.7. The number of hydrogen-bond acceptors (Lipinski definition) is 6. The SMILES string of the molecule is COc1cc(CC(=O)OCC(=O)Nc2ccc(N3CCOCC3)cc2)ccc1C. The van der Waals surface area contributed by atoms with Gasteiger partial charge in [0.15, 0.2) is 6.61 Å². The third-order valence-electron chi connectivity index (χ3n) is 4.71. The Labute approximate surface area is 170 Å². The van der Waals surface area contributed by atoms with Crippen LogP contribution in [-0.4, -0.2) is 51.9 Å². The van der Waals surface area contributed by atoms with Crippen LogP contribution in [0.25, 0.3) is 0 Å². The average molecular weight is 398 g/mol. The zero-order valence-corrected chi connectivity index (χ0v) is 16.8. The minimum atomic E-state index is -0.464. The maximum atomic E-state index is 12.1. The second kappa shape index (κ2) is 9.93. The van der Waals surface area contributed by atoms with Gasteiger partial charge in [0.1, 0.15) is 5.75 Å². The molecule has 3 rings (SSSR count). The molecule has 0 radical (unpaired) electrons. The Morgan fingerprint density at radius 2 is 1.83 bits per heavy atom. The van der Waals surface area contributed by atoms with Gasteiger partial charge in [-0.15, -0.1) is 0 Å². The van der Waals surface area contributed by atoms with Crippen molar-refractivity contribution in [2.45, 2.75) is 13.3 Å². The minimum Gasteiger partial charge on any atom is -0.496 e. The predicted octanol–water partition coefficient (Wildman–Crippen LogP) is 2.56. The third-order valence-corrected chi connectivity index (χ3v) is 4.71. The molecule has 29 heavy (non-hydrogen) atoms. The first-order chi connectivity index (χ1) is 14.0. The van der Waals surface area contributed by atoms with Crippen LogP contribution in [0.15, 0.2) is 42.5 Å². The molecule has 0 aliphatic carbocycles. The summed E-state index contributed by atoms with van der Waals surface area (Å²) in [5.41, 5.74) is 3.51. The first-order valence-corrected chi connectivity index (χ1v) is 9.57. The molecule has 0 spiro atoms. The van der Waals surface area contributed by atoms with Crippen molar-refractivity contribution in [2.24, 2.45) is 0 Å². The van der Waals surface area contributed by atoms with Crippen molar-refractivity contribution >= 4 is 23.3 Å². The zero-order valence-electron chi connectivity index (χ0n) is 16.8. The number of morpholine rings is 1. The van der Waals surface area contributed by atoms with E-state index in [4.69, 9.17) is 14.2 Å². The number of methoxy groups -OCH3 is 1. The second-order valence-corrected chi connectivity index (χ2v) is 6.84. The van der Waals surface area contributed by atoms with E-state index in [0.29, 0.717) is 11.4 Å². The number of benzene rings is 2. The molecule has 1 amide bonds. The van der Waals surface area contributed by atoms with E-state index < -0.39 is 5.97 Å². The molecule has 1 fully saturated rings. The Morgan fingerprint density at radius 1 is 1.10 bits per heavy atom. The van der Waals surface area contributed by atoms with Crippen LogP contribution in [0, 0.1) is 6.92 Å². The largest absolute Gasteiger partial charge is 0.496 e. The number of nitrogens with one attached hydrogen (secondary N) is 1. The molecule has 1 N–H and O–H groups in total. The maximum Gasteiger partial charge on any atom is 0.310 e. The highest BCUT2D eigenvalue weighted by Gasteiger charge is 2.12. The van der Waals surface area contributed by atoms with E-state index in [-0.39, 0.29) is 18.9 Å². The molecular weight excluding hydrogens is 372 g/mol. The summed E-state index contributed by atoms with van der Waals surface area (Å²) in [5, 5.41) is 2.74. The van der Waals surface area contributed by atoms with Gasteiger partial charge in [0, 0.05) is 24.5 Å². The summed E-state index contributed by atoms with van der Waals surface area (Å²) in [5.74, 6) is -0.124.